The molecule has 30 heavy (non-hydrogen) atoms. The predicted molar refractivity (Wildman–Crippen MR) is 114 cm³/mol. The first kappa shape index (κ1) is 22.8. The SMILES string of the molecule is CN=C(NCCN1CCN(Cc2ccccc2)CC1)NC1CCN(CC(F)(F)F)C1. The molecule has 0 saturated carbocycles. The minimum atomic E-state index is -4.14. The fraction of sp³-hybridized carbons (Fsp3) is 0.667. The summed E-state index contributed by atoms with van der Waals surface area (Å²) in [4.78, 5) is 10.6. The topological polar surface area (TPSA) is 46.1 Å². The molecule has 2 N–H and O–H groups in total. The van der Waals surface area contributed by atoms with E-state index in [2.05, 4.69) is 49.7 Å². The molecule has 0 spiro atoms. The third-order valence-electron chi connectivity index (χ3n) is 5.67. The summed E-state index contributed by atoms with van der Waals surface area (Å²) in [5, 5.41) is 6.56. The van der Waals surface area contributed by atoms with Crippen LogP contribution in [0.4, 0.5) is 13.2 Å². The molecular formula is C21H33F3N6. The normalized spacial score (nSPS) is 22.4. The van der Waals surface area contributed by atoms with Gasteiger partial charge in [0.05, 0.1) is 6.54 Å². The van der Waals surface area contributed by atoms with Crippen LogP contribution in [0.1, 0.15) is 12.0 Å². The second kappa shape index (κ2) is 11.0. The lowest BCUT2D eigenvalue weighted by molar-refractivity contribution is -0.143. The van der Waals surface area contributed by atoms with Gasteiger partial charge in [-0.05, 0) is 12.0 Å². The zero-order valence-corrected chi connectivity index (χ0v) is 17.7. The summed E-state index contributed by atoms with van der Waals surface area (Å²) in [6, 6.07) is 10.5. The Labute approximate surface area is 177 Å². The monoisotopic (exact) mass is 426 g/mol. The molecular weight excluding hydrogens is 393 g/mol. The zero-order valence-electron chi connectivity index (χ0n) is 17.7. The lowest BCUT2D eigenvalue weighted by atomic mass is 10.2. The zero-order chi connectivity index (χ0) is 21.4. The highest BCUT2D eigenvalue weighted by molar-refractivity contribution is 5.80. The lowest BCUT2D eigenvalue weighted by Gasteiger charge is -2.34. The number of rotatable bonds is 7. The van der Waals surface area contributed by atoms with Crippen molar-refractivity contribution in [1.82, 2.24) is 25.3 Å². The second-order valence-electron chi connectivity index (χ2n) is 8.08. The van der Waals surface area contributed by atoms with E-state index in [0.29, 0.717) is 25.5 Å². The van der Waals surface area contributed by atoms with E-state index >= 15 is 0 Å². The van der Waals surface area contributed by atoms with Crippen LogP contribution in [0.25, 0.3) is 0 Å². The van der Waals surface area contributed by atoms with Crippen molar-refractivity contribution in [1.29, 1.82) is 0 Å². The van der Waals surface area contributed by atoms with Gasteiger partial charge in [-0.15, -0.1) is 0 Å². The molecule has 1 atom stereocenters. The van der Waals surface area contributed by atoms with E-state index in [-0.39, 0.29) is 6.04 Å². The molecule has 2 aliphatic heterocycles. The molecule has 0 bridgehead atoms. The van der Waals surface area contributed by atoms with Gasteiger partial charge in [0.1, 0.15) is 0 Å². The number of nitrogens with one attached hydrogen (secondary N) is 2. The van der Waals surface area contributed by atoms with Gasteiger partial charge in [0.2, 0.25) is 0 Å². The first-order chi connectivity index (χ1) is 14.4. The number of likely N-dealkylation sites (tertiary alicyclic amines) is 1. The average Bonchev–Trinajstić information content (AvgIpc) is 3.14. The molecule has 3 rings (SSSR count). The van der Waals surface area contributed by atoms with Crippen molar-refractivity contribution in [2.24, 2.45) is 4.99 Å². The van der Waals surface area contributed by atoms with Crippen LogP contribution >= 0.6 is 0 Å². The van der Waals surface area contributed by atoms with Crippen LogP contribution in [0.5, 0.6) is 0 Å². The maximum absolute atomic E-state index is 12.5. The van der Waals surface area contributed by atoms with Gasteiger partial charge >= 0.3 is 6.18 Å². The highest BCUT2D eigenvalue weighted by Gasteiger charge is 2.34. The number of nitrogens with zero attached hydrogens (tertiary/aromatic N) is 4. The van der Waals surface area contributed by atoms with Crippen LogP contribution in [0.2, 0.25) is 0 Å². The lowest BCUT2D eigenvalue weighted by Crippen LogP contribution is -2.50. The van der Waals surface area contributed by atoms with Crippen LogP contribution < -0.4 is 10.6 Å². The van der Waals surface area contributed by atoms with Crippen molar-refractivity contribution in [3.63, 3.8) is 0 Å². The number of hydrogen-bond acceptors (Lipinski definition) is 4. The highest BCUT2D eigenvalue weighted by Crippen LogP contribution is 2.19. The molecule has 2 heterocycles. The molecule has 2 saturated heterocycles. The van der Waals surface area contributed by atoms with Gasteiger partial charge < -0.3 is 10.6 Å². The fourth-order valence-electron chi connectivity index (χ4n) is 4.08. The summed E-state index contributed by atoms with van der Waals surface area (Å²) >= 11 is 0. The Morgan fingerprint density at radius 2 is 1.73 bits per heavy atom. The van der Waals surface area contributed by atoms with Gasteiger partial charge in [-0.3, -0.25) is 19.7 Å². The van der Waals surface area contributed by atoms with Crippen LogP contribution in [-0.2, 0) is 6.54 Å². The Balaban J connectivity index is 1.30. The average molecular weight is 427 g/mol. The van der Waals surface area contributed by atoms with Crippen LogP contribution in [0, 0.1) is 0 Å². The molecule has 0 amide bonds. The predicted octanol–water partition coefficient (Wildman–Crippen LogP) is 1.61. The van der Waals surface area contributed by atoms with Gasteiger partial charge in [0.15, 0.2) is 5.96 Å². The summed E-state index contributed by atoms with van der Waals surface area (Å²) in [5.74, 6) is 0.663. The molecule has 168 valence electrons. The van der Waals surface area contributed by atoms with Crippen molar-refractivity contribution >= 4 is 5.96 Å². The molecule has 1 aromatic carbocycles. The number of guanidine groups is 1. The quantitative estimate of drug-likeness (QED) is 0.513. The van der Waals surface area contributed by atoms with E-state index in [0.717, 1.165) is 45.8 Å². The van der Waals surface area contributed by atoms with E-state index in [1.165, 1.54) is 10.5 Å². The third kappa shape index (κ3) is 7.77. The highest BCUT2D eigenvalue weighted by atomic mass is 19.4. The van der Waals surface area contributed by atoms with Crippen LogP contribution in [-0.4, -0.2) is 98.8 Å². The number of alkyl halides is 3. The van der Waals surface area contributed by atoms with E-state index < -0.39 is 12.7 Å². The first-order valence-electron chi connectivity index (χ1n) is 10.7. The molecule has 0 aliphatic carbocycles. The van der Waals surface area contributed by atoms with E-state index in [1.54, 1.807) is 7.05 Å². The Morgan fingerprint density at radius 1 is 1.03 bits per heavy atom. The van der Waals surface area contributed by atoms with Gasteiger partial charge in [0.25, 0.3) is 0 Å². The third-order valence-corrected chi connectivity index (χ3v) is 5.67. The molecule has 6 nitrogen and oxygen atoms in total. The molecule has 2 aliphatic rings. The number of halogens is 3. The maximum atomic E-state index is 12.5. The van der Waals surface area contributed by atoms with Gasteiger partial charge in [-0.1, -0.05) is 30.3 Å². The maximum Gasteiger partial charge on any atom is 0.401 e. The largest absolute Gasteiger partial charge is 0.401 e. The van der Waals surface area contributed by atoms with Crippen molar-refractivity contribution in [3.05, 3.63) is 35.9 Å². The number of piperazine rings is 1. The summed E-state index contributed by atoms with van der Waals surface area (Å²) in [6.07, 6.45) is -3.44. The summed E-state index contributed by atoms with van der Waals surface area (Å²) < 4.78 is 37.6. The summed E-state index contributed by atoms with van der Waals surface area (Å²) in [6.45, 7) is 6.87. The van der Waals surface area contributed by atoms with E-state index in [9.17, 15) is 13.2 Å². The molecule has 9 heteroatoms. The number of hydrogen-bond donors (Lipinski definition) is 2. The minimum absolute atomic E-state index is 0.0000754. The number of benzene rings is 1. The second-order valence-corrected chi connectivity index (χ2v) is 8.08. The van der Waals surface area contributed by atoms with Gasteiger partial charge in [0, 0.05) is 72.0 Å². The van der Waals surface area contributed by atoms with Crippen LogP contribution in [0.3, 0.4) is 0 Å². The van der Waals surface area contributed by atoms with Crippen molar-refractivity contribution in [2.75, 3.05) is 66.0 Å². The smallest absolute Gasteiger partial charge is 0.355 e. The summed E-state index contributed by atoms with van der Waals surface area (Å²) in [7, 11) is 1.69. The fourth-order valence-corrected chi connectivity index (χ4v) is 4.08. The van der Waals surface area contributed by atoms with Crippen LogP contribution in [0.15, 0.2) is 35.3 Å². The minimum Gasteiger partial charge on any atom is -0.355 e. The Bertz CT molecular complexity index is 658. The molecule has 2 fully saturated rings. The van der Waals surface area contributed by atoms with Gasteiger partial charge in [-0.25, -0.2) is 0 Å². The van der Waals surface area contributed by atoms with Crippen molar-refractivity contribution in [3.8, 4) is 0 Å². The van der Waals surface area contributed by atoms with Crippen molar-refractivity contribution < 1.29 is 13.2 Å². The number of aliphatic imine (C=N–C) groups is 1. The van der Waals surface area contributed by atoms with Crippen molar-refractivity contribution in [2.45, 2.75) is 25.2 Å². The Kier molecular flexibility index (Phi) is 8.35. The van der Waals surface area contributed by atoms with E-state index in [4.69, 9.17) is 0 Å². The molecule has 0 radical (unpaired) electrons. The molecule has 1 aromatic rings. The molecule has 0 aromatic heterocycles. The standard InChI is InChI=1S/C21H33F3N6/c1-25-20(27-19-7-9-30(16-19)17-21(22,23)24)26-8-10-28-11-13-29(14-12-28)15-18-5-3-2-4-6-18/h2-6,19H,7-17H2,1H3,(H2,25,26,27). The Morgan fingerprint density at radius 3 is 2.40 bits per heavy atom. The first-order valence-corrected chi connectivity index (χ1v) is 10.7. The molecule has 1 unspecified atom stereocenters. The Hall–Kier alpha value is -1.84. The van der Waals surface area contributed by atoms with Gasteiger partial charge in [-0.2, -0.15) is 13.2 Å². The summed E-state index contributed by atoms with van der Waals surface area (Å²) in [5.41, 5.74) is 1.35. The van der Waals surface area contributed by atoms with E-state index in [1.807, 2.05) is 6.07 Å².